The van der Waals surface area contributed by atoms with E-state index >= 15 is 0 Å². The molecule has 0 aromatic heterocycles. The van der Waals surface area contributed by atoms with Gasteiger partial charge in [0.1, 0.15) is 18.9 Å². The van der Waals surface area contributed by atoms with Crippen LogP contribution in [0.15, 0.2) is 24.3 Å². The molecule has 7 heteroatoms. The summed E-state index contributed by atoms with van der Waals surface area (Å²) in [6.45, 7) is 0.413. The van der Waals surface area contributed by atoms with E-state index in [-0.39, 0.29) is 43.7 Å². The first-order chi connectivity index (χ1) is 11.5. The summed E-state index contributed by atoms with van der Waals surface area (Å²) < 4.78 is 12.9. The van der Waals surface area contributed by atoms with Crippen molar-refractivity contribution >= 4 is 11.8 Å². The molecule has 1 fully saturated rings. The number of carbonyl (C=O) groups excluding carboxylic acids is 2. The highest BCUT2D eigenvalue weighted by Gasteiger charge is 2.36. The van der Waals surface area contributed by atoms with Crippen molar-refractivity contribution in [2.75, 3.05) is 26.2 Å². The maximum absolute atomic E-state index is 12.9. The van der Waals surface area contributed by atoms with Crippen molar-refractivity contribution in [1.82, 2.24) is 9.80 Å². The van der Waals surface area contributed by atoms with Gasteiger partial charge in [-0.25, -0.2) is 4.39 Å². The Morgan fingerprint density at radius 1 is 1.25 bits per heavy atom. The number of amides is 2. The summed E-state index contributed by atoms with van der Waals surface area (Å²) >= 11 is 0. The number of rotatable bonds is 6. The molecular weight excluding hydrogens is 311 g/mol. The first-order valence-corrected chi connectivity index (χ1v) is 7.60. The molecule has 1 aliphatic heterocycles. The fraction of sp³-hybridized carbons (Fsp3) is 0.412. The van der Waals surface area contributed by atoms with Crippen LogP contribution in [0, 0.1) is 34.4 Å². The summed E-state index contributed by atoms with van der Waals surface area (Å²) in [5.41, 5.74) is 0.912. The fourth-order valence-electron chi connectivity index (χ4n) is 2.71. The van der Waals surface area contributed by atoms with E-state index in [1.807, 2.05) is 12.1 Å². The quantitative estimate of drug-likeness (QED) is 0.731. The van der Waals surface area contributed by atoms with Crippen molar-refractivity contribution in [3.8, 4) is 12.1 Å². The summed E-state index contributed by atoms with van der Waals surface area (Å²) in [6.07, 6.45) is 0.669. The standard InChI is InChI=1S/C17H17FN4O2/c18-15-3-1-13(2-4-15)5-8-22-12-14(11-16(22)23)17(24)21(9-6-19)10-7-20/h1-4,14H,5,8-12H2/t14-/m1/s1. The van der Waals surface area contributed by atoms with Gasteiger partial charge in [-0.3, -0.25) is 9.59 Å². The molecule has 6 nitrogen and oxygen atoms in total. The minimum Gasteiger partial charge on any atom is -0.342 e. The van der Waals surface area contributed by atoms with Gasteiger partial charge in [0.15, 0.2) is 0 Å². The zero-order valence-corrected chi connectivity index (χ0v) is 13.1. The highest BCUT2D eigenvalue weighted by atomic mass is 19.1. The Labute approximate surface area is 139 Å². The lowest BCUT2D eigenvalue weighted by molar-refractivity contribution is -0.134. The lowest BCUT2D eigenvalue weighted by Crippen LogP contribution is -2.38. The molecule has 0 radical (unpaired) electrons. The molecule has 1 heterocycles. The first-order valence-electron chi connectivity index (χ1n) is 7.60. The number of hydrogen-bond acceptors (Lipinski definition) is 4. The van der Waals surface area contributed by atoms with Crippen molar-refractivity contribution in [2.45, 2.75) is 12.8 Å². The Hall–Kier alpha value is -2.93. The van der Waals surface area contributed by atoms with E-state index in [4.69, 9.17) is 10.5 Å². The first kappa shape index (κ1) is 17.4. The zero-order valence-electron chi connectivity index (χ0n) is 13.1. The van der Waals surface area contributed by atoms with E-state index in [9.17, 15) is 14.0 Å². The third-order valence-corrected chi connectivity index (χ3v) is 3.98. The van der Waals surface area contributed by atoms with Crippen LogP contribution in [0.1, 0.15) is 12.0 Å². The number of benzene rings is 1. The molecule has 24 heavy (non-hydrogen) atoms. The topological polar surface area (TPSA) is 88.2 Å². The SMILES string of the molecule is N#CCN(CC#N)C(=O)[C@@H]1CC(=O)N(CCc2ccc(F)cc2)C1. The molecule has 0 unspecified atom stereocenters. The van der Waals surface area contributed by atoms with Gasteiger partial charge < -0.3 is 9.80 Å². The second-order valence-electron chi connectivity index (χ2n) is 5.63. The normalized spacial score (nSPS) is 16.5. The van der Waals surface area contributed by atoms with E-state index in [1.54, 1.807) is 17.0 Å². The molecule has 124 valence electrons. The number of nitriles is 2. The minimum absolute atomic E-state index is 0.0929. The summed E-state index contributed by atoms with van der Waals surface area (Å²) in [6, 6.07) is 9.78. The average molecular weight is 328 g/mol. The van der Waals surface area contributed by atoms with E-state index in [1.165, 1.54) is 17.0 Å². The smallest absolute Gasteiger partial charge is 0.229 e. The molecule has 0 N–H and O–H groups in total. The largest absolute Gasteiger partial charge is 0.342 e. The summed E-state index contributed by atoms with van der Waals surface area (Å²) in [5.74, 6) is -1.29. The molecular formula is C17H17FN4O2. The predicted octanol–water partition coefficient (Wildman–Crippen LogP) is 1.09. The molecule has 0 spiro atoms. The van der Waals surface area contributed by atoms with Crippen LogP contribution >= 0.6 is 0 Å². The fourth-order valence-corrected chi connectivity index (χ4v) is 2.71. The third-order valence-electron chi connectivity index (χ3n) is 3.98. The second kappa shape index (κ2) is 8.07. The van der Waals surface area contributed by atoms with Gasteiger partial charge in [-0.05, 0) is 24.1 Å². The predicted molar refractivity (Wildman–Crippen MR) is 82.6 cm³/mol. The molecule has 1 saturated heterocycles. The van der Waals surface area contributed by atoms with E-state index in [2.05, 4.69) is 0 Å². The van der Waals surface area contributed by atoms with Gasteiger partial charge >= 0.3 is 0 Å². The van der Waals surface area contributed by atoms with Crippen LogP contribution in [0.2, 0.25) is 0 Å². The Morgan fingerprint density at radius 3 is 2.46 bits per heavy atom. The molecule has 0 saturated carbocycles. The van der Waals surface area contributed by atoms with Crippen LogP contribution in [0.4, 0.5) is 4.39 Å². The van der Waals surface area contributed by atoms with Crippen molar-refractivity contribution < 1.29 is 14.0 Å². The monoisotopic (exact) mass is 328 g/mol. The molecule has 2 amide bonds. The van der Waals surface area contributed by atoms with Crippen molar-refractivity contribution in [3.63, 3.8) is 0 Å². The van der Waals surface area contributed by atoms with E-state index < -0.39 is 5.92 Å². The van der Waals surface area contributed by atoms with Crippen LogP contribution in [-0.4, -0.2) is 47.8 Å². The van der Waals surface area contributed by atoms with Gasteiger partial charge in [-0.1, -0.05) is 12.1 Å². The van der Waals surface area contributed by atoms with E-state index in [0.717, 1.165) is 5.56 Å². The van der Waals surface area contributed by atoms with Gasteiger partial charge in [0.05, 0.1) is 18.1 Å². The van der Waals surface area contributed by atoms with Crippen LogP contribution < -0.4 is 0 Å². The van der Waals surface area contributed by atoms with Gasteiger partial charge in [0.25, 0.3) is 0 Å². The number of nitrogens with zero attached hydrogens (tertiary/aromatic N) is 4. The van der Waals surface area contributed by atoms with Gasteiger partial charge in [-0.15, -0.1) is 0 Å². The molecule has 0 bridgehead atoms. The van der Waals surface area contributed by atoms with Crippen molar-refractivity contribution in [2.24, 2.45) is 5.92 Å². The molecule has 1 atom stereocenters. The number of likely N-dealkylation sites (tertiary alicyclic amines) is 1. The zero-order chi connectivity index (χ0) is 17.5. The highest BCUT2D eigenvalue weighted by Crippen LogP contribution is 2.20. The van der Waals surface area contributed by atoms with Gasteiger partial charge in [-0.2, -0.15) is 10.5 Å². The Morgan fingerprint density at radius 2 is 1.88 bits per heavy atom. The minimum atomic E-state index is -0.521. The van der Waals surface area contributed by atoms with Gasteiger partial charge in [0.2, 0.25) is 11.8 Å². The van der Waals surface area contributed by atoms with Crippen LogP contribution in [0.3, 0.4) is 0 Å². The molecule has 0 aliphatic carbocycles. The Bertz CT molecular complexity index is 674. The maximum atomic E-state index is 12.9. The van der Waals surface area contributed by atoms with Crippen molar-refractivity contribution in [1.29, 1.82) is 10.5 Å². The lowest BCUT2D eigenvalue weighted by Gasteiger charge is -2.20. The van der Waals surface area contributed by atoms with Crippen LogP contribution in [0.25, 0.3) is 0 Å². The summed E-state index contributed by atoms with van der Waals surface area (Å²) in [5, 5.41) is 17.5. The second-order valence-corrected chi connectivity index (χ2v) is 5.63. The Kier molecular flexibility index (Phi) is 5.86. The molecule has 1 aromatic carbocycles. The van der Waals surface area contributed by atoms with Crippen LogP contribution in [0.5, 0.6) is 0 Å². The number of carbonyl (C=O) groups is 2. The summed E-state index contributed by atoms with van der Waals surface area (Å²) in [4.78, 5) is 27.2. The molecule has 1 aliphatic rings. The number of halogens is 1. The average Bonchev–Trinajstić information content (AvgIpc) is 2.94. The Balaban J connectivity index is 1.92. The van der Waals surface area contributed by atoms with E-state index in [0.29, 0.717) is 13.0 Å². The lowest BCUT2D eigenvalue weighted by atomic mass is 10.1. The summed E-state index contributed by atoms with van der Waals surface area (Å²) in [7, 11) is 0. The molecule has 1 aromatic rings. The third kappa shape index (κ3) is 4.30. The maximum Gasteiger partial charge on any atom is 0.229 e. The molecule has 2 rings (SSSR count). The number of hydrogen-bond donors (Lipinski definition) is 0. The van der Waals surface area contributed by atoms with Gasteiger partial charge in [0, 0.05) is 19.5 Å². The highest BCUT2D eigenvalue weighted by molar-refractivity contribution is 5.89. The van der Waals surface area contributed by atoms with Crippen LogP contribution in [-0.2, 0) is 16.0 Å². The van der Waals surface area contributed by atoms with Crippen molar-refractivity contribution in [3.05, 3.63) is 35.6 Å².